The second-order valence-corrected chi connectivity index (χ2v) is 7.24. The molecule has 2 amide bonds. The number of hydrogen-bond donors (Lipinski definition) is 2. The molecule has 2 aromatic carbocycles. The first-order valence-electron chi connectivity index (χ1n) is 9.90. The SMILES string of the molecule is COC(=O)[C@H](CC1=[N+]2C(O)=C(c3ccccc3)C(=O)N2CC1)NC(=O)c1ccccc1. The van der Waals surface area contributed by atoms with E-state index in [4.69, 9.17) is 4.74 Å². The zero-order valence-electron chi connectivity index (χ0n) is 16.9. The molecule has 0 saturated heterocycles. The number of hydrogen-bond acceptors (Lipinski definition) is 5. The molecule has 0 saturated carbocycles. The van der Waals surface area contributed by atoms with E-state index >= 15 is 0 Å². The van der Waals surface area contributed by atoms with Gasteiger partial charge in [-0.05, 0) is 22.4 Å². The molecule has 0 aromatic heterocycles. The van der Waals surface area contributed by atoms with E-state index in [1.165, 1.54) is 16.8 Å². The van der Waals surface area contributed by atoms with Gasteiger partial charge in [-0.25, -0.2) is 4.79 Å². The third kappa shape index (κ3) is 3.79. The van der Waals surface area contributed by atoms with Crippen molar-refractivity contribution < 1.29 is 28.9 Å². The molecule has 8 heteroatoms. The van der Waals surface area contributed by atoms with Crippen LogP contribution in [0.3, 0.4) is 0 Å². The van der Waals surface area contributed by atoms with Crippen molar-refractivity contribution in [3.63, 3.8) is 0 Å². The van der Waals surface area contributed by atoms with Crippen molar-refractivity contribution in [2.24, 2.45) is 0 Å². The molecule has 31 heavy (non-hydrogen) atoms. The van der Waals surface area contributed by atoms with Crippen LogP contribution in [0.2, 0.25) is 0 Å². The number of rotatable bonds is 6. The molecule has 0 unspecified atom stereocenters. The van der Waals surface area contributed by atoms with Crippen LogP contribution in [-0.2, 0) is 14.3 Å². The number of ether oxygens (including phenoxy) is 1. The van der Waals surface area contributed by atoms with Crippen LogP contribution in [0.25, 0.3) is 5.57 Å². The van der Waals surface area contributed by atoms with E-state index in [0.717, 1.165) is 0 Å². The minimum Gasteiger partial charge on any atom is -0.467 e. The van der Waals surface area contributed by atoms with Crippen LogP contribution in [0.5, 0.6) is 0 Å². The molecule has 158 valence electrons. The summed E-state index contributed by atoms with van der Waals surface area (Å²) in [6.07, 6.45) is 0.563. The van der Waals surface area contributed by atoms with Crippen molar-refractivity contribution in [3.05, 3.63) is 77.7 Å². The molecule has 0 bridgehead atoms. The minimum absolute atomic E-state index is 0.0984. The highest BCUT2D eigenvalue weighted by atomic mass is 16.5. The zero-order chi connectivity index (χ0) is 22.0. The summed E-state index contributed by atoms with van der Waals surface area (Å²) in [7, 11) is 1.25. The highest BCUT2D eigenvalue weighted by Gasteiger charge is 2.50. The van der Waals surface area contributed by atoms with E-state index in [0.29, 0.717) is 29.8 Å². The van der Waals surface area contributed by atoms with Gasteiger partial charge in [-0.2, -0.15) is 0 Å². The van der Waals surface area contributed by atoms with Gasteiger partial charge in [0.15, 0.2) is 11.3 Å². The number of aliphatic hydroxyl groups excluding tert-OH is 1. The standard InChI is InChI=1S/C23H21N3O5/c1-31-23(30)18(24-20(27)16-10-6-3-7-11-16)14-17-12-13-25-21(28)19(22(29)26(17)25)15-8-4-2-5-9-15/h2-11,18H,12-14H2,1H3,(H-,24,27,28,29)/p+1/t18-/m0/s1. The smallest absolute Gasteiger partial charge is 0.408 e. The van der Waals surface area contributed by atoms with Gasteiger partial charge in [0.2, 0.25) is 0 Å². The van der Waals surface area contributed by atoms with Gasteiger partial charge in [-0.3, -0.25) is 9.59 Å². The largest absolute Gasteiger partial charge is 0.467 e. The molecule has 2 aromatic rings. The lowest BCUT2D eigenvalue weighted by atomic mass is 10.0. The summed E-state index contributed by atoms with van der Waals surface area (Å²) in [6, 6.07) is 16.5. The van der Waals surface area contributed by atoms with E-state index in [1.807, 2.05) is 6.07 Å². The number of carbonyl (C=O) groups is 3. The highest BCUT2D eigenvalue weighted by molar-refractivity contribution is 6.21. The van der Waals surface area contributed by atoms with Gasteiger partial charge in [0.05, 0.1) is 26.5 Å². The molecule has 0 aliphatic carbocycles. The fraction of sp³-hybridized carbons (Fsp3) is 0.217. The van der Waals surface area contributed by atoms with Gasteiger partial charge >= 0.3 is 17.8 Å². The molecule has 8 nitrogen and oxygen atoms in total. The van der Waals surface area contributed by atoms with Crippen LogP contribution in [-0.4, -0.2) is 58.0 Å². The Kier molecular flexibility index (Phi) is 5.53. The van der Waals surface area contributed by atoms with Gasteiger partial charge in [-0.15, -0.1) is 5.01 Å². The molecule has 0 fully saturated rings. The number of aliphatic hydroxyl groups is 1. The Hall–Kier alpha value is -3.94. The van der Waals surface area contributed by atoms with Crippen molar-refractivity contribution >= 4 is 29.1 Å². The molecule has 0 spiro atoms. The van der Waals surface area contributed by atoms with Crippen LogP contribution < -0.4 is 5.32 Å². The molecule has 2 aliphatic rings. The Morgan fingerprint density at radius 2 is 1.77 bits per heavy atom. The van der Waals surface area contributed by atoms with Crippen molar-refractivity contribution in [2.45, 2.75) is 18.9 Å². The van der Waals surface area contributed by atoms with Crippen LogP contribution in [0, 0.1) is 0 Å². The summed E-state index contributed by atoms with van der Waals surface area (Å²) in [5.41, 5.74) is 1.88. The summed E-state index contributed by atoms with van der Waals surface area (Å²) in [4.78, 5) is 37.8. The molecular formula is C23H22N3O5+. The van der Waals surface area contributed by atoms with E-state index in [-0.39, 0.29) is 23.8 Å². The number of nitrogens with zero attached hydrogens (tertiary/aromatic N) is 2. The summed E-state index contributed by atoms with van der Waals surface area (Å²) in [5, 5.41) is 15.0. The average Bonchev–Trinajstić information content (AvgIpc) is 3.33. The predicted molar refractivity (Wildman–Crippen MR) is 112 cm³/mol. The topological polar surface area (TPSA) is 99.0 Å². The quantitative estimate of drug-likeness (QED) is 0.549. The Balaban J connectivity index is 1.63. The minimum atomic E-state index is -0.962. The van der Waals surface area contributed by atoms with Crippen molar-refractivity contribution in [3.8, 4) is 0 Å². The molecule has 2 aliphatic heterocycles. The molecule has 4 rings (SSSR count). The van der Waals surface area contributed by atoms with Crippen molar-refractivity contribution in [2.75, 3.05) is 13.7 Å². The molecule has 0 radical (unpaired) electrons. The third-order valence-electron chi connectivity index (χ3n) is 5.35. The fourth-order valence-corrected chi connectivity index (χ4v) is 3.85. The Labute approximate surface area is 179 Å². The maximum absolute atomic E-state index is 12.9. The molecule has 1 atom stereocenters. The number of carbonyl (C=O) groups excluding carboxylic acids is 3. The average molecular weight is 420 g/mol. The lowest BCUT2D eigenvalue weighted by molar-refractivity contribution is -0.632. The number of hydrazone groups is 1. The summed E-state index contributed by atoms with van der Waals surface area (Å²) in [6.45, 7) is 0.370. The van der Waals surface area contributed by atoms with Gasteiger partial charge in [0.25, 0.3) is 5.91 Å². The number of methoxy groups -OCH3 is 1. The van der Waals surface area contributed by atoms with Gasteiger partial charge in [0, 0.05) is 5.56 Å². The first-order valence-corrected chi connectivity index (χ1v) is 9.90. The number of benzene rings is 2. The second kappa shape index (κ2) is 8.43. The molecular weight excluding hydrogens is 398 g/mol. The normalized spacial score (nSPS) is 16.4. The molecule has 2 N–H and O–H groups in total. The maximum atomic E-state index is 12.9. The number of esters is 1. The molecule has 2 heterocycles. The van der Waals surface area contributed by atoms with Gasteiger partial charge in [-0.1, -0.05) is 48.5 Å². The highest BCUT2D eigenvalue weighted by Crippen LogP contribution is 2.31. The van der Waals surface area contributed by atoms with E-state index in [2.05, 4.69) is 5.32 Å². The third-order valence-corrected chi connectivity index (χ3v) is 5.35. The monoisotopic (exact) mass is 420 g/mol. The maximum Gasteiger partial charge on any atom is 0.408 e. The number of amides is 2. The Morgan fingerprint density at radius 1 is 1.13 bits per heavy atom. The second-order valence-electron chi connectivity index (χ2n) is 7.24. The first-order chi connectivity index (χ1) is 15.0. The number of nitrogens with one attached hydrogen (secondary N) is 1. The first kappa shape index (κ1) is 20.3. The Bertz CT molecular complexity index is 1090. The van der Waals surface area contributed by atoms with E-state index in [1.54, 1.807) is 54.6 Å². The lowest BCUT2D eigenvalue weighted by Gasteiger charge is -2.15. The van der Waals surface area contributed by atoms with Crippen molar-refractivity contribution in [1.29, 1.82) is 0 Å². The fourth-order valence-electron chi connectivity index (χ4n) is 3.85. The van der Waals surface area contributed by atoms with E-state index < -0.39 is 17.9 Å². The summed E-state index contributed by atoms with van der Waals surface area (Å²) in [5.74, 6) is -1.50. The van der Waals surface area contributed by atoms with E-state index in [9.17, 15) is 19.5 Å². The van der Waals surface area contributed by atoms with Gasteiger partial charge < -0.3 is 15.2 Å². The van der Waals surface area contributed by atoms with Gasteiger partial charge in [0.1, 0.15) is 6.04 Å². The Morgan fingerprint density at radius 3 is 2.42 bits per heavy atom. The van der Waals surface area contributed by atoms with Crippen LogP contribution in [0.1, 0.15) is 28.8 Å². The summed E-state index contributed by atoms with van der Waals surface area (Å²) < 4.78 is 6.31. The van der Waals surface area contributed by atoms with Crippen LogP contribution >= 0.6 is 0 Å². The number of hydrazine groups is 1. The zero-order valence-corrected chi connectivity index (χ0v) is 16.9. The number of fused-ring (bicyclic) bond motifs is 1. The van der Waals surface area contributed by atoms with Crippen molar-refractivity contribution in [1.82, 2.24) is 10.3 Å². The summed E-state index contributed by atoms with van der Waals surface area (Å²) >= 11 is 0. The van der Waals surface area contributed by atoms with Crippen LogP contribution in [0.15, 0.2) is 66.5 Å². The lowest BCUT2D eigenvalue weighted by Crippen LogP contribution is -2.43. The van der Waals surface area contributed by atoms with Crippen LogP contribution in [0.4, 0.5) is 0 Å². The predicted octanol–water partition coefficient (Wildman–Crippen LogP) is 1.89.